The van der Waals surface area contributed by atoms with E-state index in [1.54, 1.807) is 0 Å². The van der Waals surface area contributed by atoms with Crippen molar-refractivity contribution in [1.82, 2.24) is 10.2 Å². The molecule has 21 heavy (non-hydrogen) atoms. The third-order valence-corrected chi connectivity index (χ3v) is 3.86. The Balaban J connectivity index is 1.54. The van der Waals surface area contributed by atoms with Gasteiger partial charge in [0.25, 0.3) is 0 Å². The van der Waals surface area contributed by atoms with Gasteiger partial charge in [-0.15, -0.1) is 0 Å². The minimum absolute atomic E-state index is 0.00745. The Labute approximate surface area is 123 Å². The Morgan fingerprint density at radius 1 is 1.38 bits per heavy atom. The van der Waals surface area contributed by atoms with E-state index in [9.17, 15) is 4.79 Å². The van der Waals surface area contributed by atoms with E-state index < -0.39 is 6.09 Å². The molecule has 6 nitrogen and oxygen atoms in total. The van der Waals surface area contributed by atoms with Gasteiger partial charge in [0.1, 0.15) is 12.7 Å². The number of piperidine rings is 1. The molecule has 1 fully saturated rings. The number of carbonyl (C=O) groups is 1. The van der Waals surface area contributed by atoms with E-state index in [4.69, 9.17) is 14.6 Å². The van der Waals surface area contributed by atoms with Crippen molar-refractivity contribution in [3.05, 3.63) is 24.3 Å². The lowest BCUT2D eigenvalue weighted by atomic mass is 10.1. The van der Waals surface area contributed by atoms with E-state index >= 15 is 0 Å². The fourth-order valence-corrected chi connectivity index (χ4v) is 2.95. The number of nitrogens with one attached hydrogen (secondary N) is 1. The van der Waals surface area contributed by atoms with Crippen molar-refractivity contribution in [3.8, 4) is 11.5 Å². The van der Waals surface area contributed by atoms with Crippen LogP contribution in [0.5, 0.6) is 11.5 Å². The van der Waals surface area contributed by atoms with Gasteiger partial charge in [-0.25, -0.2) is 4.79 Å². The molecule has 0 aromatic heterocycles. The molecule has 0 bridgehead atoms. The second-order valence-electron chi connectivity index (χ2n) is 5.55. The maximum Gasteiger partial charge on any atom is 0.404 e. The maximum absolute atomic E-state index is 10.7. The third kappa shape index (κ3) is 3.58. The second kappa shape index (κ2) is 6.22. The zero-order chi connectivity index (χ0) is 14.7. The summed E-state index contributed by atoms with van der Waals surface area (Å²) in [6.45, 7) is 2.99. The fourth-order valence-electron chi connectivity index (χ4n) is 2.95. The second-order valence-corrected chi connectivity index (χ2v) is 5.55. The molecule has 114 valence electrons. The first-order valence-corrected chi connectivity index (χ1v) is 7.31. The Morgan fingerprint density at radius 3 is 3.00 bits per heavy atom. The SMILES string of the molecule is O=C(O)N[C@H]1CCCN(C[C@H]2COc3ccccc3O2)C1. The highest BCUT2D eigenvalue weighted by atomic mass is 16.6. The standard InChI is InChI=1S/C15H20N2O4/c18-15(19)16-11-4-3-7-17(8-11)9-12-10-20-13-5-1-2-6-14(13)21-12/h1-2,5-6,11-12,16H,3-4,7-10H2,(H,18,19)/t11-,12-/m0/s1. The van der Waals surface area contributed by atoms with Gasteiger partial charge in [-0.05, 0) is 31.5 Å². The van der Waals surface area contributed by atoms with Gasteiger partial charge in [-0.2, -0.15) is 0 Å². The number of hydrogen-bond acceptors (Lipinski definition) is 4. The van der Waals surface area contributed by atoms with E-state index in [1.165, 1.54) is 0 Å². The van der Waals surface area contributed by atoms with Crippen LogP contribution in [0.3, 0.4) is 0 Å². The number of nitrogens with zero attached hydrogens (tertiary/aromatic N) is 1. The van der Waals surface area contributed by atoms with E-state index in [0.29, 0.717) is 6.61 Å². The summed E-state index contributed by atoms with van der Waals surface area (Å²) in [6.07, 6.45) is 0.930. The molecule has 2 aliphatic heterocycles. The molecule has 1 aromatic carbocycles. The molecule has 0 radical (unpaired) electrons. The van der Waals surface area contributed by atoms with E-state index in [0.717, 1.165) is 44.0 Å². The minimum Gasteiger partial charge on any atom is -0.486 e. The van der Waals surface area contributed by atoms with Crippen molar-refractivity contribution in [1.29, 1.82) is 0 Å². The number of likely N-dealkylation sites (tertiary alicyclic amines) is 1. The van der Waals surface area contributed by atoms with Gasteiger partial charge in [0, 0.05) is 19.1 Å². The first kappa shape index (κ1) is 14.0. The van der Waals surface area contributed by atoms with Crippen LogP contribution in [-0.2, 0) is 0 Å². The quantitative estimate of drug-likeness (QED) is 0.884. The van der Waals surface area contributed by atoms with Gasteiger partial charge < -0.3 is 19.9 Å². The van der Waals surface area contributed by atoms with E-state index in [1.807, 2.05) is 24.3 Å². The van der Waals surface area contributed by atoms with Crippen molar-refractivity contribution in [2.24, 2.45) is 0 Å². The average Bonchev–Trinajstić information content (AvgIpc) is 2.47. The molecule has 6 heteroatoms. The van der Waals surface area contributed by atoms with Crippen LogP contribution >= 0.6 is 0 Å². The average molecular weight is 292 g/mol. The van der Waals surface area contributed by atoms with Gasteiger partial charge in [0.2, 0.25) is 0 Å². The highest BCUT2D eigenvalue weighted by Gasteiger charge is 2.27. The van der Waals surface area contributed by atoms with Gasteiger partial charge in [-0.3, -0.25) is 4.90 Å². The van der Waals surface area contributed by atoms with Crippen LogP contribution in [0.15, 0.2) is 24.3 Å². The summed E-state index contributed by atoms with van der Waals surface area (Å²) in [4.78, 5) is 13.0. The molecule has 1 saturated heterocycles. The summed E-state index contributed by atoms with van der Waals surface area (Å²) in [5, 5.41) is 11.4. The molecule has 1 amide bonds. The smallest absolute Gasteiger partial charge is 0.404 e. The molecule has 2 aliphatic rings. The minimum atomic E-state index is -0.951. The predicted octanol–water partition coefficient (Wildman–Crippen LogP) is 1.56. The van der Waals surface area contributed by atoms with Gasteiger partial charge in [-0.1, -0.05) is 12.1 Å². The van der Waals surface area contributed by atoms with Crippen LogP contribution in [0, 0.1) is 0 Å². The highest BCUT2D eigenvalue weighted by molar-refractivity contribution is 5.64. The van der Waals surface area contributed by atoms with Crippen LogP contribution < -0.4 is 14.8 Å². The lowest BCUT2D eigenvalue weighted by Gasteiger charge is -2.36. The number of para-hydroxylation sites is 2. The largest absolute Gasteiger partial charge is 0.486 e. The molecule has 0 saturated carbocycles. The molecule has 0 aliphatic carbocycles. The third-order valence-electron chi connectivity index (χ3n) is 3.86. The fraction of sp³-hybridized carbons (Fsp3) is 0.533. The molecule has 2 heterocycles. The maximum atomic E-state index is 10.7. The summed E-state index contributed by atoms with van der Waals surface area (Å²) in [5.74, 6) is 1.57. The summed E-state index contributed by atoms with van der Waals surface area (Å²) >= 11 is 0. The summed E-state index contributed by atoms with van der Waals surface area (Å²) < 4.78 is 11.7. The first-order chi connectivity index (χ1) is 10.2. The molecule has 2 atom stereocenters. The van der Waals surface area contributed by atoms with Crippen molar-refractivity contribution in [2.45, 2.75) is 25.0 Å². The highest BCUT2D eigenvalue weighted by Crippen LogP contribution is 2.31. The first-order valence-electron chi connectivity index (χ1n) is 7.31. The molecule has 3 rings (SSSR count). The van der Waals surface area contributed by atoms with Gasteiger partial charge >= 0.3 is 6.09 Å². The van der Waals surface area contributed by atoms with Crippen molar-refractivity contribution in [2.75, 3.05) is 26.2 Å². The van der Waals surface area contributed by atoms with Crippen molar-refractivity contribution < 1.29 is 19.4 Å². The van der Waals surface area contributed by atoms with Crippen molar-refractivity contribution in [3.63, 3.8) is 0 Å². The summed E-state index contributed by atoms with van der Waals surface area (Å²) in [7, 11) is 0. The molecular weight excluding hydrogens is 272 g/mol. The lowest BCUT2D eigenvalue weighted by Crippen LogP contribution is -2.51. The Hall–Kier alpha value is -1.95. The number of fused-ring (bicyclic) bond motifs is 1. The normalized spacial score (nSPS) is 25.3. The Kier molecular flexibility index (Phi) is 4.15. The number of amides is 1. The Morgan fingerprint density at radius 2 is 2.19 bits per heavy atom. The van der Waals surface area contributed by atoms with Crippen LogP contribution in [0.4, 0.5) is 4.79 Å². The van der Waals surface area contributed by atoms with Gasteiger partial charge in [0.15, 0.2) is 11.5 Å². The number of ether oxygens (including phenoxy) is 2. The molecule has 0 unspecified atom stereocenters. The number of carboxylic acid groups (broad SMARTS) is 1. The molecule has 2 N–H and O–H groups in total. The molecule has 0 spiro atoms. The van der Waals surface area contributed by atoms with Crippen molar-refractivity contribution >= 4 is 6.09 Å². The topological polar surface area (TPSA) is 71.0 Å². The van der Waals surface area contributed by atoms with Crippen LogP contribution in [0.25, 0.3) is 0 Å². The molecular formula is C15H20N2O4. The zero-order valence-corrected chi connectivity index (χ0v) is 11.8. The van der Waals surface area contributed by atoms with Gasteiger partial charge in [0.05, 0.1) is 0 Å². The predicted molar refractivity (Wildman–Crippen MR) is 77.0 cm³/mol. The number of rotatable bonds is 3. The summed E-state index contributed by atoms with van der Waals surface area (Å²) in [6, 6.07) is 7.67. The Bertz CT molecular complexity index is 508. The number of hydrogen-bond donors (Lipinski definition) is 2. The van der Waals surface area contributed by atoms with Crippen LogP contribution in [0.1, 0.15) is 12.8 Å². The van der Waals surface area contributed by atoms with Crippen LogP contribution in [-0.4, -0.2) is 54.5 Å². The number of benzene rings is 1. The van der Waals surface area contributed by atoms with E-state index in [-0.39, 0.29) is 12.1 Å². The lowest BCUT2D eigenvalue weighted by molar-refractivity contribution is 0.0487. The molecule has 1 aromatic rings. The monoisotopic (exact) mass is 292 g/mol. The van der Waals surface area contributed by atoms with Crippen LogP contribution in [0.2, 0.25) is 0 Å². The van der Waals surface area contributed by atoms with E-state index in [2.05, 4.69) is 10.2 Å². The summed E-state index contributed by atoms with van der Waals surface area (Å²) in [5.41, 5.74) is 0. The zero-order valence-electron chi connectivity index (χ0n) is 11.8.